The van der Waals surface area contributed by atoms with Crippen LogP contribution in [0.3, 0.4) is 0 Å². The Kier molecular flexibility index (Phi) is 3.88. The molecule has 0 heterocycles. The molecular weight excluding hydrogens is 212 g/mol. The summed E-state index contributed by atoms with van der Waals surface area (Å²) in [6, 6.07) is 10.1. The predicted octanol–water partition coefficient (Wildman–Crippen LogP) is 2.13. The highest BCUT2D eigenvalue weighted by atomic mass is 35.5. The van der Waals surface area contributed by atoms with Gasteiger partial charge in [-0.1, -0.05) is 23.7 Å². The van der Waals surface area contributed by atoms with Crippen LogP contribution in [0.5, 0.6) is 0 Å². The maximum Gasteiger partial charge on any atom is 0.175 e. The van der Waals surface area contributed by atoms with Crippen LogP contribution in [-0.4, -0.2) is 11.2 Å². The van der Waals surface area contributed by atoms with Gasteiger partial charge in [0.1, 0.15) is 0 Å². The van der Waals surface area contributed by atoms with E-state index in [9.17, 15) is 0 Å². The number of aliphatic hydroxyl groups is 1. The summed E-state index contributed by atoms with van der Waals surface area (Å²) < 4.78 is 0. The van der Waals surface area contributed by atoms with Crippen LogP contribution in [0.1, 0.15) is 5.56 Å². The summed E-state index contributed by atoms with van der Waals surface area (Å²) >= 11 is 5.68. The van der Waals surface area contributed by atoms with Crippen molar-refractivity contribution in [1.82, 2.24) is 0 Å². The molecule has 0 aliphatic rings. The summed E-state index contributed by atoms with van der Waals surface area (Å²) in [5.74, 6) is 0. The van der Waals surface area contributed by atoms with Gasteiger partial charge >= 0.3 is 0 Å². The van der Waals surface area contributed by atoms with E-state index in [0.29, 0.717) is 10.6 Å². The van der Waals surface area contributed by atoms with Gasteiger partial charge in [0, 0.05) is 5.02 Å². The molecule has 3 nitrogen and oxygen atoms in total. The van der Waals surface area contributed by atoms with Gasteiger partial charge in [-0.25, -0.2) is 0 Å². The topological polar surface area (TPSA) is 67.8 Å². The first-order chi connectivity index (χ1) is 7.17. The highest BCUT2D eigenvalue weighted by Crippen LogP contribution is 2.13. The molecule has 1 aromatic rings. The van der Waals surface area contributed by atoms with E-state index in [1.54, 1.807) is 36.4 Å². The molecule has 15 heavy (non-hydrogen) atoms. The first kappa shape index (κ1) is 11.3. The van der Waals surface area contributed by atoms with Crippen molar-refractivity contribution in [3.8, 4) is 12.1 Å². The maximum absolute atomic E-state index is 9.16. The van der Waals surface area contributed by atoms with E-state index in [2.05, 4.69) is 0 Å². The first-order valence-corrected chi connectivity index (χ1v) is 4.50. The van der Waals surface area contributed by atoms with Crippen molar-refractivity contribution in [2.45, 2.75) is 6.10 Å². The van der Waals surface area contributed by atoms with Crippen LogP contribution in [0.15, 0.2) is 29.8 Å². The number of nitriles is 2. The Morgan fingerprint density at radius 3 is 2.40 bits per heavy atom. The number of hydrogen-bond acceptors (Lipinski definition) is 3. The fourth-order valence-corrected chi connectivity index (χ4v) is 1.11. The van der Waals surface area contributed by atoms with Crippen molar-refractivity contribution in [3.05, 3.63) is 40.4 Å². The zero-order chi connectivity index (χ0) is 11.3. The lowest BCUT2D eigenvalue weighted by atomic mass is 10.1. The maximum atomic E-state index is 9.16. The molecule has 0 aliphatic heterocycles. The molecule has 1 N–H and O–H groups in total. The summed E-state index contributed by atoms with van der Waals surface area (Å²) in [6.45, 7) is 0. The molecule has 0 aromatic heterocycles. The smallest absolute Gasteiger partial charge is 0.175 e. The Balaban J connectivity index is 3.01. The molecule has 0 radical (unpaired) electrons. The summed E-state index contributed by atoms with van der Waals surface area (Å²) in [7, 11) is 0. The number of benzene rings is 1. The third-order valence-corrected chi connectivity index (χ3v) is 1.99. The highest BCUT2D eigenvalue weighted by Gasteiger charge is 2.08. The molecule has 4 heteroatoms. The second-order valence-electron chi connectivity index (χ2n) is 2.79. The molecule has 0 aliphatic carbocycles. The molecule has 0 spiro atoms. The van der Waals surface area contributed by atoms with E-state index in [1.165, 1.54) is 6.08 Å². The molecule has 0 fully saturated rings. The minimum Gasteiger partial charge on any atom is -0.373 e. The Hall–Kier alpha value is -1.81. The Morgan fingerprint density at radius 2 is 1.93 bits per heavy atom. The second kappa shape index (κ2) is 5.17. The standard InChI is InChI=1S/C11H7ClN2O/c12-10-3-1-8(2-4-10)5-9(6-13)11(15)7-14/h1-5,11,15H. The van der Waals surface area contributed by atoms with E-state index in [-0.39, 0.29) is 5.57 Å². The molecule has 0 saturated heterocycles. The van der Waals surface area contributed by atoms with Crippen molar-refractivity contribution >= 4 is 17.7 Å². The van der Waals surface area contributed by atoms with E-state index < -0.39 is 6.10 Å². The lowest BCUT2D eigenvalue weighted by Crippen LogP contribution is -2.04. The molecule has 0 saturated carbocycles. The van der Waals surface area contributed by atoms with Crippen LogP contribution in [0.4, 0.5) is 0 Å². The number of hydrogen-bond donors (Lipinski definition) is 1. The van der Waals surface area contributed by atoms with E-state index >= 15 is 0 Å². The molecular formula is C11H7ClN2O. The lowest BCUT2D eigenvalue weighted by Gasteiger charge is -1.99. The fraction of sp³-hybridized carbons (Fsp3) is 0.0909. The van der Waals surface area contributed by atoms with Gasteiger partial charge in [0.05, 0.1) is 17.7 Å². The minimum absolute atomic E-state index is 0.0137. The van der Waals surface area contributed by atoms with Gasteiger partial charge in [-0.2, -0.15) is 10.5 Å². The summed E-state index contributed by atoms with van der Waals surface area (Å²) in [4.78, 5) is 0. The normalized spacial score (nSPS) is 12.7. The molecule has 1 unspecified atom stereocenters. The van der Waals surface area contributed by atoms with Gasteiger partial charge < -0.3 is 5.11 Å². The molecule has 1 rings (SSSR count). The Labute approximate surface area is 92.4 Å². The van der Waals surface area contributed by atoms with E-state index in [1.807, 2.05) is 0 Å². The van der Waals surface area contributed by atoms with E-state index in [0.717, 1.165) is 0 Å². The Bertz CT molecular complexity index is 451. The third-order valence-electron chi connectivity index (χ3n) is 1.74. The summed E-state index contributed by atoms with van der Waals surface area (Å²) in [6.07, 6.45) is 0.0650. The number of nitrogens with zero attached hydrogens (tertiary/aromatic N) is 2. The quantitative estimate of drug-likeness (QED) is 0.611. The SMILES string of the molecule is N#CC(=Cc1ccc(Cl)cc1)C(O)C#N. The van der Waals surface area contributed by atoms with Crippen molar-refractivity contribution in [1.29, 1.82) is 10.5 Å². The number of halogens is 1. The van der Waals surface area contributed by atoms with Gasteiger partial charge in [0.2, 0.25) is 0 Å². The Morgan fingerprint density at radius 1 is 1.33 bits per heavy atom. The molecule has 0 amide bonds. The van der Waals surface area contributed by atoms with Gasteiger partial charge in [0.25, 0.3) is 0 Å². The highest BCUT2D eigenvalue weighted by molar-refractivity contribution is 6.30. The van der Waals surface area contributed by atoms with Gasteiger partial charge in [-0.05, 0) is 23.8 Å². The van der Waals surface area contributed by atoms with Crippen LogP contribution in [0.25, 0.3) is 6.08 Å². The third kappa shape index (κ3) is 3.11. The average molecular weight is 219 g/mol. The van der Waals surface area contributed by atoms with Crippen LogP contribution >= 0.6 is 11.6 Å². The van der Waals surface area contributed by atoms with E-state index in [4.69, 9.17) is 27.2 Å². The molecule has 0 bridgehead atoms. The number of aliphatic hydroxyl groups excluding tert-OH is 1. The number of rotatable bonds is 2. The first-order valence-electron chi connectivity index (χ1n) is 4.12. The van der Waals surface area contributed by atoms with Crippen LogP contribution < -0.4 is 0 Å². The van der Waals surface area contributed by atoms with Crippen molar-refractivity contribution in [3.63, 3.8) is 0 Å². The monoisotopic (exact) mass is 218 g/mol. The van der Waals surface area contributed by atoms with Gasteiger partial charge in [-0.3, -0.25) is 0 Å². The van der Waals surface area contributed by atoms with Gasteiger partial charge in [0.15, 0.2) is 6.10 Å². The zero-order valence-corrected chi connectivity index (χ0v) is 8.44. The summed E-state index contributed by atoms with van der Waals surface area (Å²) in [5, 5.41) is 26.9. The largest absolute Gasteiger partial charge is 0.373 e. The van der Waals surface area contributed by atoms with Crippen molar-refractivity contribution in [2.24, 2.45) is 0 Å². The van der Waals surface area contributed by atoms with Crippen LogP contribution in [0, 0.1) is 22.7 Å². The molecule has 1 atom stereocenters. The van der Waals surface area contributed by atoms with Crippen LogP contribution in [-0.2, 0) is 0 Å². The second-order valence-corrected chi connectivity index (χ2v) is 3.23. The lowest BCUT2D eigenvalue weighted by molar-refractivity contribution is 0.271. The summed E-state index contributed by atoms with van der Waals surface area (Å²) in [5.41, 5.74) is 0.727. The van der Waals surface area contributed by atoms with Gasteiger partial charge in [-0.15, -0.1) is 0 Å². The van der Waals surface area contributed by atoms with Crippen LogP contribution in [0.2, 0.25) is 5.02 Å². The molecule has 74 valence electrons. The minimum atomic E-state index is -1.38. The van der Waals surface area contributed by atoms with Crippen molar-refractivity contribution in [2.75, 3.05) is 0 Å². The zero-order valence-electron chi connectivity index (χ0n) is 7.68. The predicted molar refractivity (Wildman–Crippen MR) is 56.7 cm³/mol. The molecule has 1 aromatic carbocycles. The van der Waals surface area contributed by atoms with Crippen molar-refractivity contribution < 1.29 is 5.11 Å². The fourth-order valence-electron chi connectivity index (χ4n) is 0.980. The average Bonchev–Trinajstić information content (AvgIpc) is 2.27.